The Hall–Kier alpha value is -3.59. The first-order valence-electron chi connectivity index (χ1n) is 8.46. The van der Waals surface area contributed by atoms with Crippen molar-refractivity contribution in [2.45, 2.75) is 6.42 Å². The fourth-order valence-electron chi connectivity index (χ4n) is 2.45. The molecule has 0 aliphatic carbocycles. The number of H-pyrrole nitrogens is 1. The van der Waals surface area contributed by atoms with Crippen LogP contribution in [0.1, 0.15) is 16.2 Å². The smallest absolute Gasteiger partial charge is 0.251 e. The first kappa shape index (κ1) is 19.2. The van der Waals surface area contributed by atoms with E-state index in [2.05, 4.69) is 25.4 Å². The predicted molar refractivity (Wildman–Crippen MR) is 100.0 cm³/mol. The number of hydrogen-bond acceptors (Lipinski definition) is 6. The zero-order valence-electron chi connectivity index (χ0n) is 15.0. The summed E-state index contributed by atoms with van der Waals surface area (Å²) in [5, 5.41) is 16.1. The molecule has 0 spiro atoms. The van der Waals surface area contributed by atoms with Gasteiger partial charge in [-0.2, -0.15) is 4.98 Å². The molecule has 144 valence electrons. The largest absolute Gasteiger partial charge is 0.396 e. The van der Waals surface area contributed by atoms with Crippen LogP contribution in [-0.2, 0) is 6.42 Å². The molecule has 4 rings (SSSR count). The average molecular weight is 383 g/mol. The first-order valence-corrected chi connectivity index (χ1v) is 8.46. The van der Waals surface area contributed by atoms with Crippen LogP contribution in [0.2, 0.25) is 0 Å². The number of fused-ring (bicyclic) bond motifs is 1. The first-order chi connectivity index (χ1) is 13.6. The maximum atomic E-state index is 12.3. The normalized spacial score (nSPS) is 10.4. The molecule has 8 nitrogen and oxygen atoms in total. The Morgan fingerprint density at radius 1 is 1.29 bits per heavy atom. The number of carbonyl (C=O) groups is 1. The second kappa shape index (κ2) is 8.87. The number of amides is 1. The summed E-state index contributed by atoms with van der Waals surface area (Å²) in [4.78, 5) is 22.3. The Kier molecular flexibility index (Phi) is 6.07. The van der Waals surface area contributed by atoms with Crippen molar-refractivity contribution in [3.63, 3.8) is 0 Å². The third kappa shape index (κ3) is 4.38. The highest BCUT2D eigenvalue weighted by molar-refractivity contribution is 5.93. The maximum absolute atomic E-state index is 12.3. The van der Waals surface area contributed by atoms with Gasteiger partial charge in [0.1, 0.15) is 11.5 Å². The van der Waals surface area contributed by atoms with E-state index in [-0.39, 0.29) is 18.3 Å². The van der Waals surface area contributed by atoms with Gasteiger partial charge in [-0.1, -0.05) is 5.16 Å². The van der Waals surface area contributed by atoms with E-state index in [4.69, 9.17) is 9.63 Å². The van der Waals surface area contributed by atoms with Crippen molar-refractivity contribution in [2.75, 3.05) is 13.7 Å². The molecule has 0 saturated heterocycles. The molecule has 0 bridgehead atoms. The number of halogens is 1. The summed E-state index contributed by atoms with van der Waals surface area (Å²) >= 11 is 0. The molecule has 4 aromatic rings. The Balaban J connectivity index is 0.000000178. The van der Waals surface area contributed by atoms with Crippen LogP contribution in [-0.4, -0.2) is 44.8 Å². The quantitative estimate of drug-likeness (QED) is 0.498. The molecule has 0 unspecified atom stereocenters. The molecule has 0 atom stereocenters. The van der Waals surface area contributed by atoms with Crippen LogP contribution in [0, 0.1) is 5.82 Å². The standard InChI is InChI=1S/C11H10N4O2.C8H8FNO/c16-5-3-9-14-11(15-17-9)8-6-13-10-7(8)2-1-4-12-10;1-10-8(11)6-2-4-7(9)5-3-6/h1-2,4,6,16H,3,5H2,(H,12,13);2-5H,1H3,(H,10,11). The van der Waals surface area contributed by atoms with Gasteiger partial charge >= 0.3 is 0 Å². The third-order valence-electron chi connectivity index (χ3n) is 3.82. The van der Waals surface area contributed by atoms with Gasteiger partial charge in [0.05, 0.1) is 13.0 Å². The predicted octanol–water partition coefficient (Wildman–Crippen LogP) is 2.33. The van der Waals surface area contributed by atoms with Crippen molar-refractivity contribution in [2.24, 2.45) is 0 Å². The van der Waals surface area contributed by atoms with E-state index in [1.54, 1.807) is 12.4 Å². The fourth-order valence-corrected chi connectivity index (χ4v) is 2.45. The van der Waals surface area contributed by atoms with Crippen LogP contribution in [0.15, 0.2) is 53.3 Å². The van der Waals surface area contributed by atoms with Crippen molar-refractivity contribution in [3.8, 4) is 11.4 Å². The number of carbonyl (C=O) groups excluding carboxylic acids is 1. The van der Waals surface area contributed by atoms with Gasteiger partial charge in [0, 0.05) is 36.0 Å². The lowest BCUT2D eigenvalue weighted by atomic mass is 10.2. The van der Waals surface area contributed by atoms with Crippen LogP contribution < -0.4 is 5.32 Å². The number of aromatic nitrogens is 4. The summed E-state index contributed by atoms with van der Waals surface area (Å²) in [5.74, 6) is 0.399. The number of rotatable bonds is 4. The lowest BCUT2D eigenvalue weighted by molar-refractivity contribution is 0.0963. The number of pyridine rings is 1. The average Bonchev–Trinajstić information content (AvgIpc) is 3.35. The highest BCUT2D eigenvalue weighted by Gasteiger charge is 2.12. The van der Waals surface area contributed by atoms with Crippen molar-refractivity contribution in [3.05, 3.63) is 66.1 Å². The molecule has 1 aromatic carbocycles. The van der Waals surface area contributed by atoms with Crippen LogP contribution in [0.25, 0.3) is 22.4 Å². The van der Waals surface area contributed by atoms with E-state index in [1.807, 2.05) is 12.1 Å². The van der Waals surface area contributed by atoms with Crippen LogP contribution in [0.5, 0.6) is 0 Å². The summed E-state index contributed by atoms with van der Waals surface area (Å²) < 4.78 is 17.3. The van der Waals surface area contributed by atoms with Crippen molar-refractivity contribution in [1.29, 1.82) is 0 Å². The van der Waals surface area contributed by atoms with Gasteiger partial charge in [0.25, 0.3) is 5.91 Å². The van der Waals surface area contributed by atoms with Gasteiger partial charge in [-0.3, -0.25) is 4.79 Å². The number of nitrogens with one attached hydrogen (secondary N) is 2. The lowest BCUT2D eigenvalue weighted by Crippen LogP contribution is -2.17. The number of aliphatic hydroxyl groups excluding tert-OH is 1. The molecule has 1 amide bonds. The summed E-state index contributed by atoms with van der Waals surface area (Å²) in [7, 11) is 1.53. The van der Waals surface area contributed by atoms with Gasteiger partial charge in [0.2, 0.25) is 11.7 Å². The highest BCUT2D eigenvalue weighted by atomic mass is 19.1. The molecular weight excluding hydrogens is 365 g/mol. The molecule has 3 N–H and O–H groups in total. The minimum Gasteiger partial charge on any atom is -0.396 e. The molecule has 0 aliphatic rings. The molecule has 0 saturated carbocycles. The summed E-state index contributed by atoms with van der Waals surface area (Å²) in [6.45, 7) is -0.00290. The minimum atomic E-state index is -0.336. The van der Waals surface area contributed by atoms with Gasteiger partial charge in [-0.05, 0) is 36.4 Å². The van der Waals surface area contributed by atoms with E-state index in [0.717, 1.165) is 16.6 Å². The van der Waals surface area contributed by atoms with Gasteiger partial charge in [-0.25, -0.2) is 9.37 Å². The maximum Gasteiger partial charge on any atom is 0.251 e. The fraction of sp³-hybridized carbons (Fsp3) is 0.158. The molecule has 0 aliphatic heterocycles. The Morgan fingerprint density at radius 2 is 2.07 bits per heavy atom. The van der Waals surface area contributed by atoms with Crippen LogP contribution >= 0.6 is 0 Å². The SMILES string of the molecule is CNC(=O)c1ccc(F)cc1.OCCc1nc(-c2c[nH]c3ncccc23)no1. The van der Waals surface area contributed by atoms with E-state index in [1.165, 1.54) is 31.3 Å². The molecule has 28 heavy (non-hydrogen) atoms. The Morgan fingerprint density at radius 3 is 2.79 bits per heavy atom. The Labute approximate surface area is 159 Å². The van der Waals surface area contributed by atoms with Crippen LogP contribution in [0.3, 0.4) is 0 Å². The van der Waals surface area contributed by atoms with Crippen molar-refractivity contribution >= 4 is 16.9 Å². The molecule has 3 heterocycles. The molecule has 9 heteroatoms. The minimum absolute atomic E-state index is 0.00290. The summed E-state index contributed by atoms with van der Waals surface area (Å²) in [5.41, 5.74) is 2.10. The monoisotopic (exact) mass is 383 g/mol. The molecule has 0 fully saturated rings. The van der Waals surface area contributed by atoms with Gasteiger partial charge in [-0.15, -0.1) is 0 Å². The van der Waals surface area contributed by atoms with Crippen LogP contribution in [0.4, 0.5) is 4.39 Å². The van der Waals surface area contributed by atoms with E-state index in [0.29, 0.717) is 23.7 Å². The molecular formula is C19H18FN5O3. The molecule has 3 aromatic heterocycles. The number of benzene rings is 1. The van der Waals surface area contributed by atoms with E-state index < -0.39 is 0 Å². The van der Waals surface area contributed by atoms with E-state index >= 15 is 0 Å². The lowest BCUT2D eigenvalue weighted by Gasteiger charge is -1.97. The Bertz CT molecular complexity index is 1060. The van der Waals surface area contributed by atoms with E-state index in [9.17, 15) is 9.18 Å². The zero-order valence-corrected chi connectivity index (χ0v) is 15.0. The number of aromatic amines is 1. The third-order valence-corrected chi connectivity index (χ3v) is 3.82. The summed E-state index contributed by atoms with van der Waals surface area (Å²) in [6.07, 6.45) is 3.88. The van der Waals surface area contributed by atoms with Crippen molar-refractivity contribution < 1.29 is 18.8 Å². The van der Waals surface area contributed by atoms with Gasteiger partial charge in [0.15, 0.2) is 0 Å². The topological polar surface area (TPSA) is 117 Å². The second-order valence-electron chi connectivity index (χ2n) is 5.67. The van der Waals surface area contributed by atoms with Crippen molar-refractivity contribution in [1.82, 2.24) is 25.4 Å². The van der Waals surface area contributed by atoms with Gasteiger partial charge < -0.3 is 19.9 Å². The summed E-state index contributed by atoms with van der Waals surface area (Å²) in [6, 6.07) is 9.18. The number of aliphatic hydroxyl groups is 1. The molecule has 0 radical (unpaired) electrons. The second-order valence-corrected chi connectivity index (χ2v) is 5.67. The highest BCUT2D eigenvalue weighted by Crippen LogP contribution is 2.24. The number of hydrogen-bond donors (Lipinski definition) is 3. The zero-order chi connectivity index (χ0) is 19.9. The number of nitrogens with zero attached hydrogens (tertiary/aromatic N) is 3.